The van der Waals surface area contributed by atoms with Gasteiger partial charge in [0.1, 0.15) is 23.9 Å². The Hall–Kier alpha value is -4.43. The van der Waals surface area contributed by atoms with Crippen LogP contribution in [0.25, 0.3) is 0 Å². The first-order chi connectivity index (χ1) is 18.5. The standard InChI is InChI=1S/C30H25BrN2O5/c1-2-36-26-15-10-23(11-16-26)30(35)38-28-17-12-25(31)18-24(28)19-32-33-29(34)22-8-13-27(14-9-22)37-20-21-6-4-3-5-7-21/h3-19H,2,20H2,1H3,(H,33,34)/b32-19+. The highest BCUT2D eigenvalue weighted by molar-refractivity contribution is 9.10. The van der Waals surface area contributed by atoms with Crippen LogP contribution in [0.15, 0.2) is 107 Å². The second-order valence-electron chi connectivity index (χ2n) is 8.03. The molecule has 0 aliphatic rings. The topological polar surface area (TPSA) is 86.2 Å². The van der Waals surface area contributed by atoms with Crippen LogP contribution in [-0.2, 0) is 6.61 Å². The third kappa shape index (κ3) is 7.54. The maximum atomic E-state index is 12.6. The van der Waals surface area contributed by atoms with E-state index < -0.39 is 11.9 Å². The fourth-order valence-electron chi connectivity index (χ4n) is 3.39. The predicted octanol–water partition coefficient (Wildman–Crippen LogP) is 6.41. The maximum Gasteiger partial charge on any atom is 0.343 e. The largest absolute Gasteiger partial charge is 0.494 e. The van der Waals surface area contributed by atoms with E-state index in [9.17, 15) is 9.59 Å². The number of carbonyl (C=O) groups is 2. The van der Waals surface area contributed by atoms with Gasteiger partial charge in [-0.2, -0.15) is 5.10 Å². The normalized spacial score (nSPS) is 10.7. The van der Waals surface area contributed by atoms with Gasteiger partial charge >= 0.3 is 5.97 Å². The number of hydrogen-bond donors (Lipinski definition) is 1. The summed E-state index contributed by atoms with van der Waals surface area (Å²) in [7, 11) is 0. The Bertz CT molecular complexity index is 1410. The van der Waals surface area contributed by atoms with Crippen molar-refractivity contribution < 1.29 is 23.8 Å². The third-order valence-electron chi connectivity index (χ3n) is 5.31. The van der Waals surface area contributed by atoms with E-state index in [1.54, 1.807) is 66.7 Å². The number of esters is 1. The number of carbonyl (C=O) groups excluding carboxylic acids is 2. The summed E-state index contributed by atoms with van der Waals surface area (Å²) in [5, 5.41) is 4.05. The van der Waals surface area contributed by atoms with E-state index in [-0.39, 0.29) is 0 Å². The molecule has 4 aromatic carbocycles. The maximum absolute atomic E-state index is 12.6. The number of rotatable bonds is 10. The summed E-state index contributed by atoms with van der Waals surface area (Å²) in [6.07, 6.45) is 1.42. The molecule has 0 aliphatic carbocycles. The second-order valence-corrected chi connectivity index (χ2v) is 8.94. The second kappa shape index (κ2) is 13.2. The number of ether oxygens (including phenoxy) is 3. The van der Waals surface area contributed by atoms with Gasteiger partial charge < -0.3 is 14.2 Å². The molecule has 0 aliphatic heterocycles. The lowest BCUT2D eigenvalue weighted by Gasteiger charge is -2.09. The van der Waals surface area contributed by atoms with E-state index >= 15 is 0 Å². The minimum Gasteiger partial charge on any atom is -0.494 e. The lowest BCUT2D eigenvalue weighted by molar-refractivity contribution is 0.0734. The molecule has 1 N–H and O–H groups in total. The van der Waals surface area contributed by atoms with Crippen molar-refractivity contribution in [3.05, 3.63) is 124 Å². The molecule has 192 valence electrons. The Kier molecular flexibility index (Phi) is 9.26. The summed E-state index contributed by atoms with van der Waals surface area (Å²) in [5.41, 5.74) is 4.85. The van der Waals surface area contributed by atoms with Crippen LogP contribution in [0, 0.1) is 0 Å². The Morgan fingerprint density at radius 1 is 0.842 bits per heavy atom. The molecule has 4 aromatic rings. The van der Waals surface area contributed by atoms with Gasteiger partial charge in [-0.25, -0.2) is 10.2 Å². The number of benzene rings is 4. The minimum absolute atomic E-state index is 0.296. The van der Waals surface area contributed by atoms with Crippen LogP contribution in [0.1, 0.15) is 38.8 Å². The smallest absolute Gasteiger partial charge is 0.343 e. The molecule has 0 fully saturated rings. The summed E-state index contributed by atoms with van der Waals surface area (Å²) in [4.78, 5) is 25.2. The number of nitrogens with one attached hydrogen (secondary N) is 1. The number of nitrogens with zero attached hydrogens (tertiary/aromatic N) is 1. The quantitative estimate of drug-likeness (QED) is 0.103. The first-order valence-electron chi connectivity index (χ1n) is 11.9. The summed E-state index contributed by atoms with van der Waals surface area (Å²) >= 11 is 3.41. The van der Waals surface area contributed by atoms with E-state index in [1.165, 1.54) is 6.21 Å². The molecule has 0 heterocycles. The summed E-state index contributed by atoms with van der Waals surface area (Å²) in [6.45, 7) is 2.87. The molecule has 0 unspecified atom stereocenters. The first-order valence-corrected chi connectivity index (χ1v) is 12.7. The predicted molar refractivity (Wildman–Crippen MR) is 149 cm³/mol. The summed E-state index contributed by atoms with van der Waals surface area (Å²) < 4.78 is 17.5. The minimum atomic E-state index is -0.524. The molecule has 0 bridgehead atoms. The van der Waals surface area contributed by atoms with E-state index in [0.717, 1.165) is 10.0 Å². The van der Waals surface area contributed by atoms with Crippen molar-refractivity contribution >= 4 is 34.0 Å². The van der Waals surface area contributed by atoms with Gasteiger partial charge in [-0.05, 0) is 79.2 Å². The third-order valence-corrected chi connectivity index (χ3v) is 5.80. The highest BCUT2D eigenvalue weighted by Gasteiger charge is 2.12. The Morgan fingerprint density at radius 2 is 1.50 bits per heavy atom. The highest BCUT2D eigenvalue weighted by Crippen LogP contribution is 2.23. The van der Waals surface area contributed by atoms with Crippen LogP contribution < -0.4 is 19.6 Å². The van der Waals surface area contributed by atoms with E-state index in [2.05, 4.69) is 26.5 Å². The van der Waals surface area contributed by atoms with Gasteiger partial charge in [-0.3, -0.25) is 4.79 Å². The van der Waals surface area contributed by atoms with Gasteiger partial charge in [0.05, 0.1) is 18.4 Å². The van der Waals surface area contributed by atoms with Gasteiger partial charge in [0.15, 0.2) is 0 Å². The lowest BCUT2D eigenvalue weighted by atomic mass is 10.2. The van der Waals surface area contributed by atoms with Crippen LogP contribution in [0.2, 0.25) is 0 Å². The van der Waals surface area contributed by atoms with Crippen LogP contribution >= 0.6 is 15.9 Å². The van der Waals surface area contributed by atoms with Crippen molar-refractivity contribution in [2.24, 2.45) is 5.10 Å². The van der Waals surface area contributed by atoms with E-state index in [4.69, 9.17) is 14.2 Å². The van der Waals surface area contributed by atoms with Crippen molar-refractivity contribution in [2.75, 3.05) is 6.61 Å². The monoisotopic (exact) mass is 572 g/mol. The van der Waals surface area contributed by atoms with Crippen LogP contribution in [0.4, 0.5) is 0 Å². The zero-order chi connectivity index (χ0) is 26.7. The first kappa shape index (κ1) is 26.6. The van der Waals surface area contributed by atoms with Gasteiger partial charge in [0.25, 0.3) is 5.91 Å². The number of halogens is 1. The average Bonchev–Trinajstić information content (AvgIpc) is 2.94. The fourth-order valence-corrected chi connectivity index (χ4v) is 3.77. The number of amides is 1. The Labute approximate surface area is 229 Å². The molecule has 0 aromatic heterocycles. The van der Waals surface area contributed by atoms with Gasteiger partial charge in [0, 0.05) is 15.6 Å². The van der Waals surface area contributed by atoms with Gasteiger partial charge in [0.2, 0.25) is 0 Å². The SMILES string of the molecule is CCOc1ccc(C(=O)Oc2ccc(Br)cc2/C=N/NC(=O)c2ccc(OCc3ccccc3)cc2)cc1. The van der Waals surface area contributed by atoms with Crippen molar-refractivity contribution in [3.8, 4) is 17.2 Å². The molecular formula is C30H25BrN2O5. The fraction of sp³-hybridized carbons (Fsp3) is 0.100. The van der Waals surface area contributed by atoms with Gasteiger partial charge in [-0.1, -0.05) is 46.3 Å². The molecule has 0 spiro atoms. The Balaban J connectivity index is 1.36. The van der Waals surface area contributed by atoms with Crippen LogP contribution in [0.3, 0.4) is 0 Å². The number of hydrazone groups is 1. The summed E-state index contributed by atoms with van der Waals surface area (Å²) in [6, 6.07) is 28.4. The van der Waals surface area contributed by atoms with Crippen molar-refractivity contribution in [2.45, 2.75) is 13.5 Å². The number of hydrogen-bond acceptors (Lipinski definition) is 6. The van der Waals surface area contributed by atoms with E-state index in [1.807, 2.05) is 37.3 Å². The zero-order valence-corrected chi connectivity index (χ0v) is 22.2. The van der Waals surface area contributed by atoms with Crippen molar-refractivity contribution in [1.29, 1.82) is 0 Å². The molecular weight excluding hydrogens is 548 g/mol. The zero-order valence-electron chi connectivity index (χ0n) is 20.6. The molecule has 0 radical (unpaired) electrons. The summed E-state index contributed by atoms with van der Waals surface area (Å²) in [5.74, 6) is 0.708. The highest BCUT2D eigenvalue weighted by atomic mass is 79.9. The van der Waals surface area contributed by atoms with Crippen LogP contribution in [-0.4, -0.2) is 24.7 Å². The molecule has 1 amide bonds. The Morgan fingerprint density at radius 3 is 2.18 bits per heavy atom. The van der Waals surface area contributed by atoms with Crippen molar-refractivity contribution in [3.63, 3.8) is 0 Å². The van der Waals surface area contributed by atoms with Gasteiger partial charge in [-0.15, -0.1) is 0 Å². The lowest BCUT2D eigenvalue weighted by Crippen LogP contribution is -2.17. The molecule has 8 heteroatoms. The average molecular weight is 573 g/mol. The molecule has 4 rings (SSSR count). The molecule has 0 atom stereocenters. The van der Waals surface area contributed by atoms with Crippen molar-refractivity contribution in [1.82, 2.24) is 5.43 Å². The molecule has 38 heavy (non-hydrogen) atoms. The molecule has 7 nitrogen and oxygen atoms in total. The molecule has 0 saturated heterocycles. The van der Waals surface area contributed by atoms with Crippen LogP contribution in [0.5, 0.6) is 17.2 Å². The molecule has 0 saturated carbocycles. The van der Waals surface area contributed by atoms with E-state index in [0.29, 0.717) is 47.2 Å².